The molecule has 0 unspecified atom stereocenters. The van der Waals surface area contributed by atoms with Crippen molar-refractivity contribution in [2.24, 2.45) is 5.11 Å². The summed E-state index contributed by atoms with van der Waals surface area (Å²) in [5, 5.41) is 5.66. The lowest BCUT2D eigenvalue weighted by molar-refractivity contribution is 0.175. The smallest absolute Gasteiger partial charge is 0.181 e. The molecule has 5 nitrogen and oxygen atoms in total. The van der Waals surface area contributed by atoms with Gasteiger partial charge in [0.25, 0.3) is 0 Å². The number of rotatable bonds is 3. The molecule has 114 valence electrons. The fraction of sp³-hybridized carbons (Fsp3) is 0.125. The maximum Gasteiger partial charge on any atom is 0.181 e. The Kier molecular flexibility index (Phi) is 3.67. The van der Waals surface area contributed by atoms with Crippen molar-refractivity contribution in [1.29, 1.82) is 0 Å². The summed E-state index contributed by atoms with van der Waals surface area (Å²) in [5.41, 5.74) is 10.1. The third-order valence-electron chi connectivity index (χ3n) is 3.43. The highest BCUT2D eigenvalue weighted by Gasteiger charge is 2.26. The Bertz CT molecular complexity index is 879. The van der Waals surface area contributed by atoms with Gasteiger partial charge in [-0.3, -0.25) is 0 Å². The highest BCUT2D eigenvalue weighted by atomic mass is 32.1. The molecule has 0 radical (unpaired) electrons. The van der Waals surface area contributed by atoms with Crippen molar-refractivity contribution in [1.82, 2.24) is 0 Å². The molecule has 0 fully saturated rings. The Balaban J connectivity index is 1.83. The Labute approximate surface area is 140 Å². The highest BCUT2D eigenvalue weighted by molar-refractivity contribution is 7.24. The molecule has 0 bridgehead atoms. The van der Waals surface area contributed by atoms with E-state index in [0.29, 0.717) is 18.9 Å². The number of benzene rings is 1. The molecule has 0 atom stereocenters. The molecule has 23 heavy (non-hydrogen) atoms. The van der Waals surface area contributed by atoms with Crippen LogP contribution in [0.1, 0.15) is 0 Å². The fourth-order valence-corrected chi connectivity index (χ4v) is 4.49. The quantitative estimate of drug-likeness (QED) is 0.340. The van der Waals surface area contributed by atoms with E-state index in [-0.39, 0.29) is 0 Å². The molecule has 3 aromatic rings. The molecule has 0 N–H and O–H groups in total. The molecule has 0 amide bonds. The summed E-state index contributed by atoms with van der Waals surface area (Å²) in [5.74, 6) is 1.64. The molecule has 0 spiro atoms. The minimum atomic E-state index is 0.553. The van der Waals surface area contributed by atoms with Gasteiger partial charge in [-0.05, 0) is 22.5 Å². The zero-order valence-electron chi connectivity index (χ0n) is 11.9. The number of ether oxygens (including phenoxy) is 2. The molecular formula is C16H11N3O2S2. The summed E-state index contributed by atoms with van der Waals surface area (Å²) in [7, 11) is 0. The summed E-state index contributed by atoms with van der Waals surface area (Å²) < 4.78 is 11.7. The molecule has 2 aromatic heterocycles. The van der Waals surface area contributed by atoms with E-state index in [1.165, 1.54) is 4.88 Å². The van der Waals surface area contributed by atoms with Crippen molar-refractivity contribution >= 4 is 28.4 Å². The zero-order valence-corrected chi connectivity index (χ0v) is 13.6. The Hall–Kier alpha value is -2.47. The van der Waals surface area contributed by atoms with Crippen LogP contribution >= 0.6 is 22.7 Å². The van der Waals surface area contributed by atoms with Gasteiger partial charge in [0.2, 0.25) is 0 Å². The molecule has 0 saturated carbocycles. The van der Waals surface area contributed by atoms with Crippen molar-refractivity contribution in [3.8, 4) is 31.7 Å². The van der Waals surface area contributed by atoms with E-state index in [1.807, 2.05) is 18.2 Å². The van der Waals surface area contributed by atoms with Gasteiger partial charge in [-0.25, -0.2) is 0 Å². The first kappa shape index (κ1) is 14.1. The molecule has 7 heteroatoms. The molecule has 0 saturated heterocycles. The highest BCUT2D eigenvalue weighted by Crippen LogP contribution is 2.54. The normalized spacial score (nSPS) is 12.7. The first-order valence-corrected chi connectivity index (χ1v) is 8.68. The summed E-state index contributed by atoms with van der Waals surface area (Å²) >= 11 is 3.35. The third kappa shape index (κ3) is 2.55. The van der Waals surface area contributed by atoms with Gasteiger partial charge in [-0.2, -0.15) is 0 Å². The molecule has 1 aliphatic rings. The van der Waals surface area contributed by atoms with Crippen molar-refractivity contribution in [2.75, 3.05) is 13.2 Å². The maximum absolute atomic E-state index is 8.50. The van der Waals surface area contributed by atoms with Crippen LogP contribution < -0.4 is 9.47 Å². The summed E-state index contributed by atoms with van der Waals surface area (Å²) in [6, 6.07) is 11.6. The van der Waals surface area contributed by atoms with Crippen LogP contribution in [0.15, 0.2) is 46.9 Å². The largest absolute Gasteiger partial charge is 0.485 e. The number of fused-ring (bicyclic) bond motifs is 1. The van der Waals surface area contributed by atoms with Crippen LogP contribution in [0.4, 0.5) is 5.69 Å². The van der Waals surface area contributed by atoms with Crippen molar-refractivity contribution in [3.05, 3.63) is 52.2 Å². The van der Waals surface area contributed by atoms with Crippen LogP contribution in [0.25, 0.3) is 30.6 Å². The van der Waals surface area contributed by atoms with E-state index in [1.54, 1.807) is 34.8 Å². The topological polar surface area (TPSA) is 67.2 Å². The average Bonchev–Trinajstić information content (AvgIpc) is 3.23. The van der Waals surface area contributed by atoms with Crippen LogP contribution in [0.2, 0.25) is 0 Å². The van der Waals surface area contributed by atoms with Crippen molar-refractivity contribution in [2.45, 2.75) is 0 Å². The van der Waals surface area contributed by atoms with Crippen LogP contribution in [-0.4, -0.2) is 13.2 Å². The van der Waals surface area contributed by atoms with Gasteiger partial charge in [-0.1, -0.05) is 35.4 Å². The first-order valence-electron chi connectivity index (χ1n) is 6.98. The summed E-state index contributed by atoms with van der Waals surface area (Å²) in [6.07, 6.45) is 0. The summed E-state index contributed by atoms with van der Waals surface area (Å²) in [4.78, 5) is 6.11. The molecule has 1 aromatic carbocycles. The molecular weight excluding hydrogens is 330 g/mol. The summed E-state index contributed by atoms with van der Waals surface area (Å²) in [6.45, 7) is 1.12. The molecule has 0 aliphatic carbocycles. The van der Waals surface area contributed by atoms with E-state index < -0.39 is 0 Å². The fourth-order valence-electron chi connectivity index (χ4n) is 2.44. The third-order valence-corrected chi connectivity index (χ3v) is 5.68. The molecule has 3 heterocycles. The van der Waals surface area contributed by atoms with Crippen molar-refractivity contribution in [3.63, 3.8) is 0 Å². The lowest BCUT2D eigenvalue weighted by Crippen LogP contribution is -2.14. The van der Waals surface area contributed by atoms with Crippen LogP contribution in [-0.2, 0) is 0 Å². The van der Waals surface area contributed by atoms with Gasteiger partial charge in [0.1, 0.15) is 13.2 Å². The second-order valence-electron chi connectivity index (χ2n) is 4.83. The number of nitrogens with zero attached hydrogens (tertiary/aromatic N) is 3. The van der Waals surface area contributed by atoms with Gasteiger partial charge >= 0.3 is 0 Å². The Morgan fingerprint density at radius 1 is 1.00 bits per heavy atom. The Morgan fingerprint density at radius 3 is 2.39 bits per heavy atom. The van der Waals surface area contributed by atoms with Crippen LogP contribution in [0.3, 0.4) is 0 Å². The second-order valence-corrected chi connectivity index (χ2v) is 6.80. The van der Waals surface area contributed by atoms with Gasteiger partial charge in [0, 0.05) is 15.5 Å². The maximum atomic E-state index is 8.50. The zero-order chi connectivity index (χ0) is 15.6. The first-order chi connectivity index (χ1) is 11.4. The van der Waals surface area contributed by atoms with Gasteiger partial charge < -0.3 is 9.47 Å². The lowest BCUT2D eigenvalue weighted by atomic mass is 10.1. The minimum absolute atomic E-state index is 0.553. The van der Waals surface area contributed by atoms with E-state index in [0.717, 1.165) is 26.8 Å². The number of azide groups is 1. The number of hydrogen-bond acceptors (Lipinski definition) is 5. The molecule has 4 rings (SSSR count). The number of hydrogen-bond donors (Lipinski definition) is 0. The average molecular weight is 341 g/mol. The minimum Gasteiger partial charge on any atom is -0.485 e. The lowest BCUT2D eigenvalue weighted by Gasteiger charge is -2.17. The second kappa shape index (κ2) is 5.96. The van der Waals surface area contributed by atoms with Gasteiger partial charge in [-0.15, -0.1) is 22.7 Å². The van der Waals surface area contributed by atoms with Crippen LogP contribution in [0, 0.1) is 0 Å². The van der Waals surface area contributed by atoms with Gasteiger partial charge in [0.05, 0.1) is 9.75 Å². The van der Waals surface area contributed by atoms with Crippen LogP contribution in [0.5, 0.6) is 11.5 Å². The van der Waals surface area contributed by atoms with Gasteiger partial charge in [0.15, 0.2) is 11.5 Å². The number of thiophene rings is 2. The van der Waals surface area contributed by atoms with E-state index in [2.05, 4.69) is 21.5 Å². The predicted octanol–water partition coefficient (Wildman–Crippen LogP) is 5.86. The van der Waals surface area contributed by atoms with Crippen molar-refractivity contribution < 1.29 is 9.47 Å². The molecule has 1 aliphatic heterocycles. The SMILES string of the molecule is [N-]=[N+]=Nc1ccc(-c2sc(-c3cccs3)c3c2OCCO3)cc1. The predicted molar refractivity (Wildman–Crippen MR) is 92.9 cm³/mol. The standard InChI is InChI=1S/C16H11N3O2S2/c17-19-18-11-5-3-10(4-6-11)15-13-14(21-8-7-20-13)16(23-15)12-2-1-9-22-12/h1-6,9H,7-8H2. The van der Waals surface area contributed by atoms with E-state index >= 15 is 0 Å². The Morgan fingerprint density at radius 2 is 1.74 bits per heavy atom. The van der Waals surface area contributed by atoms with E-state index in [4.69, 9.17) is 15.0 Å². The van der Waals surface area contributed by atoms with E-state index in [9.17, 15) is 0 Å². The monoisotopic (exact) mass is 341 g/mol.